The van der Waals surface area contributed by atoms with Crippen molar-refractivity contribution < 1.29 is 0 Å². The van der Waals surface area contributed by atoms with Gasteiger partial charge in [-0.2, -0.15) is 0 Å². The molecule has 0 N–H and O–H groups in total. The molecule has 11 heavy (non-hydrogen) atoms. The van der Waals surface area contributed by atoms with E-state index in [4.69, 9.17) is 0 Å². The Morgan fingerprint density at radius 2 is 1.82 bits per heavy atom. The maximum Gasteiger partial charge on any atom is 0.144 e. The molecule has 0 spiro atoms. The molecule has 0 radical (unpaired) electrons. The van der Waals surface area contributed by atoms with E-state index < -0.39 is 0 Å². The minimum absolute atomic E-state index is 0.136. The van der Waals surface area contributed by atoms with Crippen LogP contribution in [0.5, 0.6) is 0 Å². The lowest BCUT2D eigenvalue weighted by molar-refractivity contribution is 0.545. The van der Waals surface area contributed by atoms with E-state index in [1.165, 1.54) is 0 Å². The molecule has 2 heteroatoms. The minimum atomic E-state index is -0.220. The van der Waals surface area contributed by atoms with Crippen LogP contribution in [0.4, 0.5) is 0 Å². The van der Waals surface area contributed by atoms with Crippen molar-refractivity contribution in [3.8, 4) is 0 Å². The predicted molar refractivity (Wildman–Crippen MR) is 49.5 cm³/mol. The van der Waals surface area contributed by atoms with Gasteiger partial charge in [-0.25, -0.2) is 0 Å². The fourth-order valence-electron chi connectivity index (χ4n) is 0.933. The highest BCUT2D eigenvalue weighted by molar-refractivity contribution is 6.34. The lowest BCUT2D eigenvalue weighted by Crippen LogP contribution is -2.20. The van der Waals surface area contributed by atoms with Crippen LogP contribution in [0.25, 0.3) is 0 Å². The van der Waals surface area contributed by atoms with Gasteiger partial charge in [0.2, 0.25) is 0 Å². The molecule has 1 heterocycles. The highest BCUT2D eigenvalue weighted by Crippen LogP contribution is 2.24. The van der Waals surface area contributed by atoms with E-state index in [-0.39, 0.29) is 11.1 Å². The van der Waals surface area contributed by atoms with Crippen LogP contribution < -0.4 is 0 Å². The maximum absolute atomic E-state index is 4.49. The van der Waals surface area contributed by atoms with Gasteiger partial charge in [0.15, 0.2) is 0 Å². The summed E-state index contributed by atoms with van der Waals surface area (Å²) < 4.78 is 0. The Balaban J connectivity index is 2.89. The largest absolute Gasteiger partial charge is 0.262 e. The molecule has 62 valence electrons. The summed E-state index contributed by atoms with van der Waals surface area (Å²) in [5.74, 6) is 0. The highest BCUT2D eigenvalue weighted by Gasteiger charge is 2.26. The Hall–Kier alpha value is -0.660. The van der Waals surface area contributed by atoms with Gasteiger partial charge in [0.05, 0.1) is 5.71 Å². The van der Waals surface area contributed by atoms with E-state index in [9.17, 15) is 0 Å². The maximum atomic E-state index is 4.49. The Morgan fingerprint density at radius 3 is 2.00 bits per heavy atom. The summed E-state index contributed by atoms with van der Waals surface area (Å²) in [7, 11) is 0. The second kappa shape index (κ2) is 2.16. The standard InChI is InChI=1S/C9H16N2/c1-8(2,3)7-6-10-9(4,5)11-7/h6H,1-5H3. The zero-order valence-electron chi connectivity index (χ0n) is 7.97. The average Bonchev–Trinajstić information content (AvgIpc) is 2.07. The van der Waals surface area contributed by atoms with Crippen LogP contribution in [0.2, 0.25) is 0 Å². The molecular formula is C9H16N2. The minimum Gasteiger partial charge on any atom is -0.262 e. The number of rotatable bonds is 0. The van der Waals surface area contributed by atoms with Crippen molar-refractivity contribution in [2.75, 3.05) is 0 Å². The number of nitrogens with zero attached hydrogens (tertiary/aromatic N) is 2. The summed E-state index contributed by atoms with van der Waals surface area (Å²) in [5.41, 5.74) is 1.02. The highest BCUT2D eigenvalue weighted by atomic mass is 15.1. The average molecular weight is 152 g/mol. The predicted octanol–water partition coefficient (Wildman–Crippen LogP) is 2.29. The first-order valence-corrected chi connectivity index (χ1v) is 3.97. The Kier molecular flexibility index (Phi) is 1.66. The summed E-state index contributed by atoms with van der Waals surface area (Å²) in [6.07, 6.45) is 1.89. The van der Waals surface area contributed by atoms with Gasteiger partial charge in [0, 0.05) is 11.6 Å². The topological polar surface area (TPSA) is 24.7 Å². The van der Waals surface area contributed by atoms with Gasteiger partial charge in [-0.3, -0.25) is 9.98 Å². The van der Waals surface area contributed by atoms with Crippen molar-refractivity contribution in [2.45, 2.75) is 40.3 Å². The van der Waals surface area contributed by atoms with Crippen molar-refractivity contribution in [1.29, 1.82) is 0 Å². The van der Waals surface area contributed by atoms with Gasteiger partial charge in [0.1, 0.15) is 5.66 Å². The van der Waals surface area contributed by atoms with Crippen LogP contribution >= 0.6 is 0 Å². The normalized spacial score (nSPS) is 22.1. The van der Waals surface area contributed by atoms with E-state index in [0.717, 1.165) is 5.71 Å². The van der Waals surface area contributed by atoms with Crippen molar-refractivity contribution in [3.63, 3.8) is 0 Å². The fraction of sp³-hybridized carbons (Fsp3) is 0.778. The number of hydrogen-bond acceptors (Lipinski definition) is 2. The van der Waals surface area contributed by atoms with Crippen LogP contribution in [-0.2, 0) is 0 Å². The van der Waals surface area contributed by atoms with Gasteiger partial charge < -0.3 is 0 Å². The van der Waals surface area contributed by atoms with E-state index in [1.54, 1.807) is 0 Å². The van der Waals surface area contributed by atoms with Crippen molar-refractivity contribution in [2.24, 2.45) is 15.4 Å². The summed E-state index contributed by atoms with van der Waals surface area (Å²) in [6, 6.07) is 0. The second-order valence-corrected chi connectivity index (χ2v) is 4.50. The summed E-state index contributed by atoms with van der Waals surface area (Å²) in [4.78, 5) is 8.77. The van der Waals surface area contributed by atoms with Gasteiger partial charge in [-0.05, 0) is 13.8 Å². The zero-order chi connectivity index (χ0) is 8.70. The van der Waals surface area contributed by atoms with Crippen LogP contribution in [0.15, 0.2) is 9.98 Å². The molecule has 0 unspecified atom stereocenters. The SMILES string of the molecule is CC1(C)N=CC(C(C)(C)C)=N1. The first kappa shape index (κ1) is 8.44. The van der Waals surface area contributed by atoms with Crippen LogP contribution in [0.3, 0.4) is 0 Å². The molecule has 0 fully saturated rings. The first-order chi connectivity index (χ1) is 4.81. The smallest absolute Gasteiger partial charge is 0.144 e. The molecule has 0 saturated heterocycles. The fourth-order valence-corrected chi connectivity index (χ4v) is 0.933. The van der Waals surface area contributed by atoms with Crippen LogP contribution in [0, 0.1) is 5.41 Å². The molecule has 0 bridgehead atoms. The molecule has 0 saturated carbocycles. The monoisotopic (exact) mass is 152 g/mol. The second-order valence-electron chi connectivity index (χ2n) is 4.50. The molecule has 0 aromatic rings. The van der Waals surface area contributed by atoms with Crippen molar-refractivity contribution >= 4 is 11.9 Å². The van der Waals surface area contributed by atoms with Crippen molar-refractivity contribution in [1.82, 2.24) is 0 Å². The zero-order valence-corrected chi connectivity index (χ0v) is 7.97. The van der Waals surface area contributed by atoms with Crippen molar-refractivity contribution in [3.05, 3.63) is 0 Å². The van der Waals surface area contributed by atoms with Gasteiger partial charge in [-0.1, -0.05) is 20.8 Å². The molecule has 0 atom stereocenters. The lowest BCUT2D eigenvalue weighted by Gasteiger charge is -2.17. The molecule has 2 nitrogen and oxygen atoms in total. The Morgan fingerprint density at radius 1 is 1.27 bits per heavy atom. The quantitative estimate of drug-likeness (QED) is 0.509. The summed E-state index contributed by atoms with van der Waals surface area (Å²) in [5, 5.41) is 0. The Labute approximate surface area is 68.4 Å². The molecular weight excluding hydrogens is 136 g/mol. The third kappa shape index (κ3) is 1.88. The third-order valence-electron chi connectivity index (χ3n) is 1.67. The molecule has 0 amide bonds. The van der Waals surface area contributed by atoms with Gasteiger partial charge in [0.25, 0.3) is 0 Å². The molecule has 1 rings (SSSR count). The third-order valence-corrected chi connectivity index (χ3v) is 1.67. The van der Waals surface area contributed by atoms with E-state index in [0.29, 0.717) is 0 Å². The van der Waals surface area contributed by atoms with Crippen LogP contribution in [0.1, 0.15) is 34.6 Å². The van der Waals surface area contributed by atoms with Gasteiger partial charge in [-0.15, -0.1) is 0 Å². The molecule has 0 aromatic carbocycles. The van der Waals surface area contributed by atoms with Crippen LogP contribution in [-0.4, -0.2) is 17.6 Å². The van der Waals surface area contributed by atoms with Gasteiger partial charge >= 0.3 is 0 Å². The number of hydrogen-bond donors (Lipinski definition) is 0. The molecule has 0 aliphatic carbocycles. The summed E-state index contributed by atoms with van der Waals surface area (Å²) in [6.45, 7) is 10.5. The number of aliphatic imine (C=N–C) groups is 2. The first-order valence-electron chi connectivity index (χ1n) is 3.97. The van der Waals surface area contributed by atoms with E-state index in [2.05, 4.69) is 30.8 Å². The Bertz CT molecular complexity index is 216. The molecule has 0 aromatic heterocycles. The van der Waals surface area contributed by atoms with E-state index in [1.807, 2.05) is 20.1 Å². The molecule has 1 aliphatic heterocycles. The molecule has 1 aliphatic rings. The lowest BCUT2D eigenvalue weighted by atomic mass is 9.91. The van der Waals surface area contributed by atoms with E-state index >= 15 is 0 Å². The summed E-state index contributed by atoms with van der Waals surface area (Å²) >= 11 is 0.